The molecule has 1 aliphatic rings. The predicted octanol–water partition coefficient (Wildman–Crippen LogP) is 3.87. The van der Waals surface area contributed by atoms with Gasteiger partial charge in [0, 0.05) is 31.0 Å². The maximum absolute atomic E-state index is 13.1. The molecular formula is C23H24FN3O3S2. The Hall–Kier alpha value is -2.91. The summed E-state index contributed by atoms with van der Waals surface area (Å²) >= 11 is 1.15. The van der Waals surface area contributed by atoms with Crippen LogP contribution in [0.25, 0.3) is 0 Å². The fourth-order valence-electron chi connectivity index (χ4n) is 3.70. The summed E-state index contributed by atoms with van der Waals surface area (Å²) in [5.41, 5.74) is 2.25. The van der Waals surface area contributed by atoms with Crippen molar-refractivity contribution >= 4 is 38.6 Å². The van der Waals surface area contributed by atoms with Crippen molar-refractivity contribution in [3.8, 4) is 0 Å². The molecule has 168 valence electrons. The summed E-state index contributed by atoms with van der Waals surface area (Å²) in [7, 11) is -3.58. The van der Waals surface area contributed by atoms with Crippen LogP contribution < -0.4 is 14.9 Å². The largest absolute Gasteiger partial charge is 0.371 e. The van der Waals surface area contributed by atoms with Crippen LogP contribution in [0.1, 0.15) is 12.0 Å². The van der Waals surface area contributed by atoms with E-state index < -0.39 is 10.0 Å². The molecule has 1 fully saturated rings. The van der Waals surface area contributed by atoms with E-state index in [1.54, 1.807) is 53.9 Å². The Morgan fingerprint density at radius 1 is 1.09 bits per heavy atom. The van der Waals surface area contributed by atoms with Crippen LogP contribution in [0.5, 0.6) is 0 Å². The number of amides is 1. The molecule has 1 saturated heterocycles. The Morgan fingerprint density at radius 3 is 2.53 bits per heavy atom. The molecule has 1 amide bonds. The first-order valence-electron chi connectivity index (χ1n) is 10.3. The molecule has 0 radical (unpaired) electrons. The molecule has 6 nitrogen and oxygen atoms in total. The third-order valence-electron chi connectivity index (χ3n) is 5.40. The number of thiophene rings is 1. The zero-order chi connectivity index (χ0) is 22.6. The van der Waals surface area contributed by atoms with E-state index in [1.807, 2.05) is 0 Å². The van der Waals surface area contributed by atoms with Crippen LogP contribution in [-0.2, 0) is 21.2 Å². The first kappa shape index (κ1) is 22.3. The number of anilines is 2. The molecule has 2 heterocycles. The zero-order valence-corrected chi connectivity index (χ0v) is 19.0. The fourth-order valence-corrected chi connectivity index (χ4v) is 5.76. The average Bonchev–Trinajstić information content (AvgIpc) is 3.47. The Kier molecular flexibility index (Phi) is 6.76. The van der Waals surface area contributed by atoms with Crippen molar-refractivity contribution in [3.63, 3.8) is 0 Å². The van der Waals surface area contributed by atoms with Crippen LogP contribution in [-0.4, -0.2) is 34.0 Å². The quantitative estimate of drug-likeness (QED) is 0.521. The maximum Gasteiger partial charge on any atom is 0.271 e. The van der Waals surface area contributed by atoms with Crippen LogP contribution >= 0.6 is 11.3 Å². The van der Waals surface area contributed by atoms with Crippen molar-refractivity contribution in [2.45, 2.75) is 17.1 Å². The number of carbonyl (C=O) groups excluding carboxylic acids is 1. The van der Waals surface area contributed by atoms with Gasteiger partial charge in [-0.15, -0.1) is 11.3 Å². The smallest absolute Gasteiger partial charge is 0.271 e. The van der Waals surface area contributed by atoms with E-state index in [0.717, 1.165) is 42.1 Å². The van der Waals surface area contributed by atoms with Gasteiger partial charge in [0.25, 0.3) is 10.0 Å². The lowest BCUT2D eigenvalue weighted by atomic mass is 10.1. The molecule has 1 unspecified atom stereocenters. The van der Waals surface area contributed by atoms with Crippen molar-refractivity contribution in [2.75, 3.05) is 29.3 Å². The average molecular weight is 474 g/mol. The van der Waals surface area contributed by atoms with Gasteiger partial charge < -0.3 is 10.2 Å². The molecule has 1 aliphatic heterocycles. The third kappa shape index (κ3) is 5.66. The number of nitrogens with zero attached hydrogens (tertiary/aromatic N) is 1. The zero-order valence-electron chi connectivity index (χ0n) is 17.3. The number of sulfonamides is 1. The van der Waals surface area contributed by atoms with Gasteiger partial charge in [0.1, 0.15) is 10.0 Å². The Balaban J connectivity index is 1.23. The van der Waals surface area contributed by atoms with Crippen molar-refractivity contribution in [2.24, 2.45) is 5.92 Å². The second kappa shape index (κ2) is 9.70. The van der Waals surface area contributed by atoms with Gasteiger partial charge in [-0.05, 0) is 65.7 Å². The molecule has 2 N–H and O–H groups in total. The van der Waals surface area contributed by atoms with Crippen LogP contribution in [0, 0.1) is 11.7 Å². The van der Waals surface area contributed by atoms with E-state index in [2.05, 4.69) is 14.9 Å². The maximum atomic E-state index is 13.1. The summed E-state index contributed by atoms with van der Waals surface area (Å²) < 4.78 is 40.5. The number of hydrogen-bond donors (Lipinski definition) is 2. The minimum Gasteiger partial charge on any atom is -0.371 e. The Morgan fingerprint density at radius 2 is 1.84 bits per heavy atom. The van der Waals surface area contributed by atoms with E-state index in [9.17, 15) is 17.6 Å². The van der Waals surface area contributed by atoms with Gasteiger partial charge in [0.05, 0.1) is 6.42 Å². The number of carbonyl (C=O) groups is 1. The highest BCUT2D eigenvalue weighted by molar-refractivity contribution is 7.94. The summed E-state index contributed by atoms with van der Waals surface area (Å²) in [6.45, 7) is 2.30. The molecule has 1 aromatic heterocycles. The fraction of sp³-hybridized carbons (Fsp3) is 0.261. The molecule has 0 spiro atoms. The SMILES string of the molecule is O=C(Cc1ccc(NS(=O)(=O)c2cccs2)cc1)NCC1CCN(c2ccc(F)cc2)C1. The van der Waals surface area contributed by atoms with Crippen molar-refractivity contribution in [1.29, 1.82) is 0 Å². The molecule has 1 atom stereocenters. The minimum atomic E-state index is -3.58. The van der Waals surface area contributed by atoms with E-state index in [1.165, 1.54) is 12.1 Å². The highest BCUT2D eigenvalue weighted by Crippen LogP contribution is 2.24. The molecule has 9 heteroatoms. The molecule has 0 saturated carbocycles. The Labute approximate surface area is 191 Å². The van der Waals surface area contributed by atoms with Crippen LogP contribution in [0.3, 0.4) is 0 Å². The standard InChI is InChI=1S/C23H24FN3O3S2/c24-19-5-9-21(10-6-19)27-12-11-18(16-27)15-25-22(28)14-17-3-7-20(8-4-17)26-32(29,30)23-2-1-13-31-23/h1-10,13,18,26H,11-12,14-16H2,(H,25,28). The van der Waals surface area contributed by atoms with E-state index in [0.29, 0.717) is 18.2 Å². The third-order valence-corrected chi connectivity index (χ3v) is 8.18. The summed E-state index contributed by atoms with van der Waals surface area (Å²) in [5.74, 6) is 0.0277. The summed E-state index contributed by atoms with van der Waals surface area (Å²) in [6.07, 6.45) is 1.20. The van der Waals surface area contributed by atoms with Gasteiger partial charge in [-0.3, -0.25) is 9.52 Å². The number of benzene rings is 2. The molecule has 3 aromatic rings. The first-order chi connectivity index (χ1) is 15.4. The molecule has 0 bridgehead atoms. The lowest BCUT2D eigenvalue weighted by molar-refractivity contribution is -0.120. The molecular weight excluding hydrogens is 449 g/mol. The first-order valence-corrected chi connectivity index (χ1v) is 12.7. The topological polar surface area (TPSA) is 78.5 Å². The van der Waals surface area contributed by atoms with Crippen LogP contribution in [0.4, 0.5) is 15.8 Å². The normalized spacial score (nSPS) is 16.2. The van der Waals surface area contributed by atoms with E-state index in [-0.39, 0.29) is 22.4 Å². The second-order valence-corrected chi connectivity index (χ2v) is 10.6. The molecule has 4 rings (SSSR count). The predicted molar refractivity (Wildman–Crippen MR) is 125 cm³/mol. The van der Waals surface area contributed by atoms with Crippen LogP contribution in [0.15, 0.2) is 70.3 Å². The second-order valence-electron chi connectivity index (χ2n) is 7.79. The highest BCUT2D eigenvalue weighted by Gasteiger charge is 2.23. The minimum absolute atomic E-state index is 0.0721. The summed E-state index contributed by atoms with van der Waals surface area (Å²) in [5, 5.41) is 4.70. The van der Waals surface area contributed by atoms with Crippen molar-refractivity contribution in [3.05, 3.63) is 77.4 Å². The number of rotatable bonds is 8. The monoisotopic (exact) mass is 473 g/mol. The van der Waals surface area contributed by atoms with Gasteiger partial charge in [0.2, 0.25) is 5.91 Å². The summed E-state index contributed by atoms with van der Waals surface area (Å²) in [6, 6.07) is 16.5. The van der Waals surface area contributed by atoms with Gasteiger partial charge in [-0.25, -0.2) is 12.8 Å². The van der Waals surface area contributed by atoms with E-state index in [4.69, 9.17) is 0 Å². The molecule has 2 aromatic carbocycles. The summed E-state index contributed by atoms with van der Waals surface area (Å²) in [4.78, 5) is 14.6. The van der Waals surface area contributed by atoms with Crippen LogP contribution in [0.2, 0.25) is 0 Å². The lowest BCUT2D eigenvalue weighted by Crippen LogP contribution is -2.32. The van der Waals surface area contributed by atoms with Gasteiger partial charge in [0.15, 0.2) is 0 Å². The molecule has 32 heavy (non-hydrogen) atoms. The van der Waals surface area contributed by atoms with E-state index >= 15 is 0 Å². The number of halogens is 1. The Bertz CT molecular complexity index is 1150. The van der Waals surface area contributed by atoms with Gasteiger partial charge in [-0.2, -0.15) is 0 Å². The van der Waals surface area contributed by atoms with Crippen molar-refractivity contribution in [1.82, 2.24) is 5.32 Å². The lowest BCUT2D eigenvalue weighted by Gasteiger charge is -2.18. The van der Waals surface area contributed by atoms with Crippen molar-refractivity contribution < 1.29 is 17.6 Å². The highest BCUT2D eigenvalue weighted by atomic mass is 32.2. The molecule has 0 aliphatic carbocycles. The van der Waals surface area contributed by atoms with Gasteiger partial charge in [-0.1, -0.05) is 18.2 Å². The van der Waals surface area contributed by atoms with Gasteiger partial charge >= 0.3 is 0 Å². The number of nitrogens with one attached hydrogen (secondary N) is 2. The number of hydrogen-bond acceptors (Lipinski definition) is 5.